The summed E-state index contributed by atoms with van der Waals surface area (Å²) in [5, 5.41) is 0. The molecule has 2 bridgehead atoms. The van der Waals surface area contributed by atoms with Crippen molar-refractivity contribution in [3.8, 4) is 0 Å². The fraction of sp³-hybridized carbons (Fsp3) is 0.923. The Balaban J connectivity index is 1.95. The van der Waals surface area contributed by atoms with Gasteiger partial charge in [-0.15, -0.1) is 0 Å². The molecule has 0 N–H and O–H groups in total. The van der Waals surface area contributed by atoms with Crippen LogP contribution in [0.3, 0.4) is 0 Å². The third-order valence-corrected chi connectivity index (χ3v) is 4.32. The van der Waals surface area contributed by atoms with Gasteiger partial charge < -0.3 is 9.53 Å². The highest BCUT2D eigenvalue weighted by molar-refractivity contribution is 5.59. The number of ether oxygens (including phenoxy) is 1. The summed E-state index contributed by atoms with van der Waals surface area (Å²) in [6.07, 6.45) is 6.32. The Hall–Kier alpha value is -0.410. The minimum Gasteiger partial charge on any atom is -0.372 e. The largest absolute Gasteiger partial charge is 0.372 e. The van der Waals surface area contributed by atoms with Crippen LogP contribution in [0.4, 0.5) is 0 Å². The summed E-state index contributed by atoms with van der Waals surface area (Å²) in [5.74, 6) is 0. The van der Waals surface area contributed by atoms with E-state index >= 15 is 0 Å². The van der Waals surface area contributed by atoms with Crippen molar-refractivity contribution in [2.45, 2.75) is 51.7 Å². The molecule has 2 aliphatic rings. The number of nitrogens with zero attached hydrogens (tertiary/aromatic N) is 1. The van der Waals surface area contributed by atoms with Crippen molar-refractivity contribution >= 4 is 6.29 Å². The predicted octanol–water partition coefficient (Wildman–Crippen LogP) is 1.85. The second-order valence-electron chi connectivity index (χ2n) is 5.34. The minimum absolute atomic E-state index is 0.128. The van der Waals surface area contributed by atoms with Gasteiger partial charge in [0.2, 0.25) is 0 Å². The van der Waals surface area contributed by atoms with Crippen LogP contribution in [0.15, 0.2) is 0 Å². The smallest absolute Gasteiger partial charge is 0.127 e. The van der Waals surface area contributed by atoms with Gasteiger partial charge in [0.05, 0.1) is 12.2 Å². The Morgan fingerprint density at radius 3 is 2.25 bits per heavy atom. The topological polar surface area (TPSA) is 29.5 Å². The lowest BCUT2D eigenvalue weighted by atomic mass is 9.83. The normalized spacial score (nSPS) is 30.6. The SMILES string of the molecule is CCC(C=O)(CC)CN1CC2CCC(C1)O2. The highest BCUT2D eigenvalue weighted by Crippen LogP contribution is 2.30. The van der Waals surface area contributed by atoms with Gasteiger partial charge in [-0.3, -0.25) is 4.90 Å². The van der Waals surface area contributed by atoms with Gasteiger partial charge in [0.15, 0.2) is 0 Å². The molecule has 0 aromatic carbocycles. The fourth-order valence-corrected chi connectivity index (χ4v) is 2.95. The molecule has 2 aliphatic heterocycles. The molecule has 0 aromatic rings. The summed E-state index contributed by atoms with van der Waals surface area (Å²) >= 11 is 0. The zero-order valence-corrected chi connectivity index (χ0v) is 10.4. The second-order valence-corrected chi connectivity index (χ2v) is 5.34. The predicted molar refractivity (Wildman–Crippen MR) is 63.4 cm³/mol. The van der Waals surface area contributed by atoms with Crippen molar-refractivity contribution in [2.75, 3.05) is 19.6 Å². The van der Waals surface area contributed by atoms with Crippen LogP contribution in [-0.4, -0.2) is 43.0 Å². The van der Waals surface area contributed by atoms with Gasteiger partial charge in [0.25, 0.3) is 0 Å². The molecular formula is C13H23NO2. The zero-order valence-electron chi connectivity index (χ0n) is 10.4. The Labute approximate surface area is 98.1 Å². The first-order chi connectivity index (χ1) is 7.71. The lowest BCUT2D eigenvalue weighted by Gasteiger charge is -2.37. The molecule has 3 nitrogen and oxygen atoms in total. The number of carbonyl (C=O) groups is 1. The van der Waals surface area contributed by atoms with E-state index in [2.05, 4.69) is 18.7 Å². The van der Waals surface area contributed by atoms with Gasteiger partial charge in [-0.2, -0.15) is 0 Å². The summed E-state index contributed by atoms with van der Waals surface area (Å²) in [6.45, 7) is 7.19. The van der Waals surface area contributed by atoms with Crippen LogP contribution in [0.5, 0.6) is 0 Å². The van der Waals surface area contributed by atoms with E-state index in [1.165, 1.54) is 19.1 Å². The Kier molecular flexibility index (Phi) is 3.65. The third-order valence-electron chi connectivity index (χ3n) is 4.32. The molecule has 0 spiro atoms. The number of aldehydes is 1. The van der Waals surface area contributed by atoms with Gasteiger partial charge in [-0.05, 0) is 25.7 Å². The molecule has 2 unspecified atom stereocenters. The quantitative estimate of drug-likeness (QED) is 0.669. The molecular weight excluding hydrogens is 202 g/mol. The van der Waals surface area contributed by atoms with E-state index in [0.717, 1.165) is 32.5 Å². The third kappa shape index (κ3) is 2.30. The van der Waals surface area contributed by atoms with Crippen molar-refractivity contribution in [3.05, 3.63) is 0 Å². The highest BCUT2D eigenvalue weighted by atomic mass is 16.5. The standard InChI is InChI=1S/C13H23NO2/c1-3-13(4-2,10-15)9-14-7-11-5-6-12(8-14)16-11/h10-12H,3-9H2,1-2H3. The molecule has 2 heterocycles. The van der Waals surface area contributed by atoms with Crippen LogP contribution >= 0.6 is 0 Å². The Morgan fingerprint density at radius 1 is 1.25 bits per heavy atom. The van der Waals surface area contributed by atoms with Crippen molar-refractivity contribution in [2.24, 2.45) is 5.41 Å². The number of fused-ring (bicyclic) bond motifs is 2. The van der Waals surface area contributed by atoms with Gasteiger partial charge in [0, 0.05) is 25.0 Å². The number of hydrogen-bond acceptors (Lipinski definition) is 3. The van der Waals surface area contributed by atoms with Crippen molar-refractivity contribution in [3.63, 3.8) is 0 Å². The average molecular weight is 225 g/mol. The molecule has 0 amide bonds. The Morgan fingerprint density at radius 2 is 1.81 bits per heavy atom. The maximum atomic E-state index is 11.3. The number of carbonyl (C=O) groups excluding carboxylic acids is 1. The van der Waals surface area contributed by atoms with E-state index in [1.807, 2.05) is 0 Å². The van der Waals surface area contributed by atoms with Crippen molar-refractivity contribution in [1.29, 1.82) is 0 Å². The van der Waals surface area contributed by atoms with E-state index in [1.54, 1.807) is 0 Å². The summed E-state index contributed by atoms with van der Waals surface area (Å²) in [4.78, 5) is 13.7. The molecule has 0 aliphatic carbocycles. The maximum absolute atomic E-state index is 11.3. The lowest BCUT2D eigenvalue weighted by molar-refractivity contribution is -0.119. The van der Waals surface area contributed by atoms with Crippen LogP contribution in [0.1, 0.15) is 39.5 Å². The van der Waals surface area contributed by atoms with Crippen LogP contribution < -0.4 is 0 Å². The first-order valence-electron chi connectivity index (χ1n) is 6.55. The van der Waals surface area contributed by atoms with Gasteiger partial charge in [-0.1, -0.05) is 13.8 Å². The second kappa shape index (κ2) is 4.84. The molecule has 2 atom stereocenters. The molecule has 0 saturated carbocycles. The molecule has 16 heavy (non-hydrogen) atoms. The monoisotopic (exact) mass is 225 g/mol. The Bertz CT molecular complexity index is 238. The molecule has 0 radical (unpaired) electrons. The van der Waals surface area contributed by atoms with E-state index in [0.29, 0.717) is 12.2 Å². The fourth-order valence-electron chi connectivity index (χ4n) is 2.95. The number of rotatable bonds is 5. The maximum Gasteiger partial charge on any atom is 0.127 e. The van der Waals surface area contributed by atoms with Gasteiger partial charge >= 0.3 is 0 Å². The van der Waals surface area contributed by atoms with E-state index < -0.39 is 0 Å². The van der Waals surface area contributed by atoms with E-state index in [-0.39, 0.29) is 5.41 Å². The van der Waals surface area contributed by atoms with Crippen LogP contribution in [0, 0.1) is 5.41 Å². The average Bonchev–Trinajstić information content (AvgIpc) is 2.66. The molecule has 0 aromatic heterocycles. The van der Waals surface area contributed by atoms with E-state index in [9.17, 15) is 4.79 Å². The zero-order chi connectivity index (χ0) is 11.6. The summed E-state index contributed by atoms with van der Waals surface area (Å²) in [5.41, 5.74) is -0.128. The molecule has 3 heteroatoms. The van der Waals surface area contributed by atoms with Gasteiger partial charge in [-0.25, -0.2) is 0 Å². The first kappa shape index (κ1) is 12.1. The van der Waals surface area contributed by atoms with Gasteiger partial charge in [0.1, 0.15) is 6.29 Å². The van der Waals surface area contributed by atoms with Crippen LogP contribution in [-0.2, 0) is 9.53 Å². The van der Waals surface area contributed by atoms with Crippen molar-refractivity contribution < 1.29 is 9.53 Å². The summed E-state index contributed by atoms with van der Waals surface area (Å²) in [7, 11) is 0. The summed E-state index contributed by atoms with van der Waals surface area (Å²) < 4.78 is 5.81. The molecule has 2 fully saturated rings. The minimum atomic E-state index is -0.128. The molecule has 2 saturated heterocycles. The summed E-state index contributed by atoms with van der Waals surface area (Å²) in [6, 6.07) is 0. The van der Waals surface area contributed by atoms with Crippen LogP contribution in [0.25, 0.3) is 0 Å². The number of hydrogen-bond donors (Lipinski definition) is 0. The molecule has 92 valence electrons. The number of morpholine rings is 1. The van der Waals surface area contributed by atoms with Crippen molar-refractivity contribution in [1.82, 2.24) is 4.90 Å². The van der Waals surface area contributed by atoms with Crippen LogP contribution in [0.2, 0.25) is 0 Å². The number of likely N-dealkylation sites (tertiary alicyclic amines) is 1. The lowest BCUT2D eigenvalue weighted by Crippen LogP contribution is -2.47. The highest BCUT2D eigenvalue weighted by Gasteiger charge is 2.37. The van der Waals surface area contributed by atoms with E-state index in [4.69, 9.17) is 4.74 Å². The molecule has 2 rings (SSSR count). The first-order valence-corrected chi connectivity index (χ1v) is 6.55.